The summed E-state index contributed by atoms with van der Waals surface area (Å²) in [6.07, 6.45) is 1.31. The Morgan fingerprint density at radius 1 is 1.26 bits per heavy atom. The molecule has 0 atom stereocenters. The van der Waals surface area contributed by atoms with Gasteiger partial charge in [-0.3, -0.25) is 14.4 Å². The number of furan rings is 1. The van der Waals surface area contributed by atoms with Gasteiger partial charge in [0.1, 0.15) is 5.56 Å². The van der Waals surface area contributed by atoms with Gasteiger partial charge >= 0.3 is 5.97 Å². The first kappa shape index (κ1) is 15.1. The first-order chi connectivity index (χ1) is 11.0. The summed E-state index contributed by atoms with van der Waals surface area (Å²) in [5, 5.41) is 0.719. The molecule has 0 bridgehead atoms. The molecule has 0 saturated carbocycles. The molecule has 0 saturated heterocycles. The van der Waals surface area contributed by atoms with E-state index in [1.165, 1.54) is 31.4 Å². The number of halogens is 1. The van der Waals surface area contributed by atoms with Crippen LogP contribution in [0.3, 0.4) is 0 Å². The Kier molecular flexibility index (Phi) is 3.75. The molecular weight excluding hydrogens is 322 g/mol. The van der Waals surface area contributed by atoms with E-state index in [4.69, 9.17) is 20.8 Å². The van der Waals surface area contributed by atoms with Crippen molar-refractivity contribution < 1.29 is 18.7 Å². The highest BCUT2D eigenvalue weighted by Gasteiger charge is 2.25. The minimum atomic E-state index is -0.686. The van der Waals surface area contributed by atoms with Crippen LogP contribution in [0.5, 0.6) is 5.75 Å². The summed E-state index contributed by atoms with van der Waals surface area (Å²) in [5.74, 6) is -1.52. The van der Waals surface area contributed by atoms with Crippen molar-refractivity contribution in [3.05, 3.63) is 63.3 Å². The van der Waals surface area contributed by atoms with E-state index < -0.39 is 17.3 Å². The van der Waals surface area contributed by atoms with E-state index in [0.29, 0.717) is 15.9 Å². The van der Waals surface area contributed by atoms with Gasteiger partial charge in [0.05, 0.1) is 11.8 Å². The van der Waals surface area contributed by atoms with E-state index in [0.717, 1.165) is 0 Å². The van der Waals surface area contributed by atoms with Crippen LogP contribution >= 0.6 is 11.6 Å². The Morgan fingerprint density at radius 2 is 2.04 bits per heavy atom. The first-order valence-corrected chi connectivity index (χ1v) is 6.97. The zero-order valence-corrected chi connectivity index (χ0v) is 12.6. The fraction of sp³-hybridized carbons (Fsp3) is 0.0625. The molecule has 1 N–H and O–H groups in total. The average Bonchev–Trinajstić information content (AvgIpc) is 3.01. The number of carbonyl (C=O) groups excluding carboxylic acids is 2. The molecule has 2 heterocycles. The maximum Gasteiger partial charge on any atom is 0.308 e. The third-order valence-corrected chi connectivity index (χ3v) is 3.38. The third-order valence-electron chi connectivity index (χ3n) is 3.15. The molecule has 2 aromatic heterocycles. The number of ketones is 1. The van der Waals surface area contributed by atoms with Crippen molar-refractivity contribution >= 4 is 34.3 Å². The van der Waals surface area contributed by atoms with Gasteiger partial charge in [-0.05, 0) is 30.3 Å². The summed E-state index contributed by atoms with van der Waals surface area (Å²) in [5.41, 5.74) is -0.603. The van der Waals surface area contributed by atoms with E-state index in [-0.39, 0.29) is 17.1 Å². The largest absolute Gasteiger partial charge is 0.461 e. The standard InChI is InChI=1S/C16H10ClNO5/c1-8(19)23-15-10-7-9(17)4-5-11(10)18-16(21)13(15)14(20)12-3-2-6-22-12/h2-7H,1H3,(H,18,21). The van der Waals surface area contributed by atoms with Gasteiger partial charge in [-0.2, -0.15) is 0 Å². The van der Waals surface area contributed by atoms with E-state index in [9.17, 15) is 14.4 Å². The van der Waals surface area contributed by atoms with Crippen LogP contribution in [0.4, 0.5) is 0 Å². The molecule has 23 heavy (non-hydrogen) atoms. The number of benzene rings is 1. The smallest absolute Gasteiger partial charge is 0.308 e. The van der Waals surface area contributed by atoms with Crippen LogP contribution in [0.1, 0.15) is 23.0 Å². The second kappa shape index (κ2) is 5.73. The Labute approximate surface area is 134 Å². The molecule has 116 valence electrons. The predicted octanol–water partition coefficient (Wildman–Crippen LogP) is 2.93. The zero-order chi connectivity index (χ0) is 16.6. The lowest BCUT2D eigenvalue weighted by Crippen LogP contribution is -2.21. The number of esters is 1. The Hall–Kier alpha value is -2.86. The maximum absolute atomic E-state index is 12.5. The topological polar surface area (TPSA) is 89.4 Å². The predicted molar refractivity (Wildman–Crippen MR) is 83.0 cm³/mol. The highest BCUT2D eigenvalue weighted by Crippen LogP contribution is 2.30. The van der Waals surface area contributed by atoms with Gasteiger partial charge < -0.3 is 14.1 Å². The van der Waals surface area contributed by atoms with E-state index >= 15 is 0 Å². The number of aromatic nitrogens is 1. The Bertz CT molecular complexity index is 972. The van der Waals surface area contributed by atoms with E-state index in [1.54, 1.807) is 12.1 Å². The first-order valence-electron chi connectivity index (χ1n) is 6.59. The van der Waals surface area contributed by atoms with Gasteiger partial charge in [0.15, 0.2) is 11.5 Å². The van der Waals surface area contributed by atoms with Gasteiger partial charge in [0.25, 0.3) is 5.56 Å². The summed E-state index contributed by atoms with van der Waals surface area (Å²) < 4.78 is 10.2. The minimum Gasteiger partial charge on any atom is -0.461 e. The van der Waals surface area contributed by atoms with Crippen molar-refractivity contribution in [2.24, 2.45) is 0 Å². The number of pyridine rings is 1. The number of hydrogen-bond donors (Lipinski definition) is 1. The zero-order valence-electron chi connectivity index (χ0n) is 11.9. The molecule has 0 spiro atoms. The Balaban J connectivity index is 2.35. The number of rotatable bonds is 3. The molecule has 6 nitrogen and oxygen atoms in total. The third kappa shape index (κ3) is 2.76. The van der Waals surface area contributed by atoms with Crippen molar-refractivity contribution in [1.29, 1.82) is 0 Å². The van der Waals surface area contributed by atoms with E-state index in [2.05, 4.69) is 4.98 Å². The quantitative estimate of drug-likeness (QED) is 0.588. The number of nitrogens with one attached hydrogen (secondary N) is 1. The maximum atomic E-state index is 12.5. The number of hydrogen-bond acceptors (Lipinski definition) is 5. The van der Waals surface area contributed by atoms with Crippen molar-refractivity contribution in [3.63, 3.8) is 0 Å². The summed E-state index contributed by atoms with van der Waals surface area (Å²) in [4.78, 5) is 38.8. The van der Waals surface area contributed by atoms with Crippen LogP contribution in [-0.2, 0) is 4.79 Å². The fourth-order valence-electron chi connectivity index (χ4n) is 2.22. The molecular formula is C16H10ClNO5. The molecule has 7 heteroatoms. The number of H-pyrrole nitrogens is 1. The van der Waals surface area contributed by atoms with Crippen LogP contribution in [0.25, 0.3) is 10.9 Å². The van der Waals surface area contributed by atoms with Crippen molar-refractivity contribution in [2.45, 2.75) is 6.92 Å². The lowest BCUT2D eigenvalue weighted by Gasteiger charge is -2.10. The number of aromatic amines is 1. The van der Waals surface area contributed by atoms with Gasteiger partial charge in [0, 0.05) is 17.3 Å². The molecule has 0 amide bonds. The second-order valence-electron chi connectivity index (χ2n) is 4.75. The van der Waals surface area contributed by atoms with Crippen molar-refractivity contribution in [1.82, 2.24) is 4.98 Å². The Morgan fingerprint density at radius 3 is 2.70 bits per heavy atom. The van der Waals surface area contributed by atoms with Crippen LogP contribution in [0.15, 0.2) is 45.8 Å². The average molecular weight is 332 g/mol. The van der Waals surface area contributed by atoms with Crippen LogP contribution < -0.4 is 10.3 Å². The molecule has 1 aromatic carbocycles. The second-order valence-corrected chi connectivity index (χ2v) is 5.18. The molecule has 3 aromatic rings. The molecule has 3 rings (SSSR count). The molecule has 0 radical (unpaired) electrons. The summed E-state index contributed by atoms with van der Waals surface area (Å²) in [6, 6.07) is 7.58. The lowest BCUT2D eigenvalue weighted by atomic mass is 10.1. The van der Waals surface area contributed by atoms with Gasteiger partial charge in [0.2, 0.25) is 5.78 Å². The summed E-state index contributed by atoms with van der Waals surface area (Å²) >= 11 is 5.96. The van der Waals surface area contributed by atoms with Gasteiger partial charge in [-0.25, -0.2) is 0 Å². The van der Waals surface area contributed by atoms with Crippen LogP contribution in [0.2, 0.25) is 5.02 Å². The highest BCUT2D eigenvalue weighted by molar-refractivity contribution is 6.31. The fourth-order valence-corrected chi connectivity index (χ4v) is 2.39. The molecule has 0 aliphatic heterocycles. The number of ether oxygens (including phenoxy) is 1. The SMILES string of the molecule is CC(=O)Oc1c(C(=O)c2ccco2)c(=O)[nH]c2ccc(Cl)cc12. The normalized spacial score (nSPS) is 10.7. The van der Waals surface area contributed by atoms with Gasteiger partial charge in [-0.1, -0.05) is 11.6 Å². The minimum absolute atomic E-state index is 0.0368. The number of carbonyl (C=O) groups is 2. The van der Waals surface area contributed by atoms with Gasteiger partial charge in [-0.15, -0.1) is 0 Å². The summed E-state index contributed by atoms with van der Waals surface area (Å²) in [6.45, 7) is 1.18. The number of fused-ring (bicyclic) bond motifs is 1. The molecule has 0 aliphatic carbocycles. The highest BCUT2D eigenvalue weighted by atomic mass is 35.5. The monoisotopic (exact) mass is 331 g/mol. The lowest BCUT2D eigenvalue weighted by molar-refractivity contribution is -0.131. The van der Waals surface area contributed by atoms with Crippen molar-refractivity contribution in [2.75, 3.05) is 0 Å². The van der Waals surface area contributed by atoms with Crippen LogP contribution in [0, 0.1) is 0 Å². The molecule has 0 fully saturated rings. The van der Waals surface area contributed by atoms with E-state index in [1.807, 2.05) is 0 Å². The van der Waals surface area contributed by atoms with Crippen LogP contribution in [-0.4, -0.2) is 16.7 Å². The molecule has 0 aliphatic rings. The summed E-state index contributed by atoms with van der Waals surface area (Å²) in [7, 11) is 0. The molecule has 0 unspecified atom stereocenters. The van der Waals surface area contributed by atoms with Crippen molar-refractivity contribution in [3.8, 4) is 5.75 Å².